The van der Waals surface area contributed by atoms with E-state index in [9.17, 15) is 0 Å². The Balaban J connectivity index is 3.10. The summed E-state index contributed by atoms with van der Waals surface area (Å²) in [6.45, 7) is 3.95. The molecule has 0 heterocycles. The molecule has 2 nitrogen and oxygen atoms in total. The molecule has 0 aliphatic carbocycles. The predicted octanol–water partition coefficient (Wildman–Crippen LogP) is 2.65. The Bertz CT molecular complexity index is 304. The number of rotatable bonds is 2. The summed E-state index contributed by atoms with van der Waals surface area (Å²) in [4.78, 5) is 0. The van der Waals surface area contributed by atoms with E-state index in [1.165, 1.54) is 0 Å². The van der Waals surface area contributed by atoms with Gasteiger partial charge in [-0.1, -0.05) is 6.07 Å². The quantitative estimate of drug-likeness (QED) is 0.867. The van der Waals surface area contributed by atoms with Crippen molar-refractivity contribution in [1.82, 2.24) is 0 Å². The lowest BCUT2D eigenvalue weighted by atomic mass is 9.96. The molecule has 0 saturated heterocycles. The molecular weight excluding hydrogens is 230 g/mol. The average Bonchev–Trinajstić information content (AvgIpc) is 2.02. The Kier molecular flexibility index (Phi) is 2.98. The predicted molar refractivity (Wildman–Crippen MR) is 57.9 cm³/mol. The van der Waals surface area contributed by atoms with Gasteiger partial charge in [0.05, 0.1) is 11.6 Å². The fourth-order valence-corrected chi connectivity index (χ4v) is 1.61. The molecule has 0 atom stereocenters. The van der Waals surface area contributed by atoms with E-state index in [-0.39, 0.29) is 5.54 Å². The Labute approximate surface area is 87.2 Å². The maximum absolute atomic E-state index is 5.96. The van der Waals surface area contributed by atoms with Crippen LogP contribution >= 0.6 is 15.9 Å². The first-order valence-corrected chi connectivity index (χ1v) is 4.87. The van der Waals surface area contributed by atoms with Gasteiger partial charge in [-0.05, 0) is 47.5 Å². The number of benzene rings is 1. The van der Waals surface area contributed by atoms with Crippen LogP contribution in [-0.4, -0.2) is 7.11 Å². The Morgan fingerprint density at radius 3 is 2.38 bits per heavy atom. The molecule has 0 spiro atoms. The third kappa shape index (κ3) is 2.45. The molecule has 72 valence electrons. The molecule has 0 amide bonds. The fraction of sp³-hybridized carbons (Fsp3) is 0.400. The first-order valence-electron chi connectivity index (χ1n) is 4.08. The highest BCUT2D eigenvalue weighted by Crippen LogP contribution is 2.29. The van der Waals surface area contributed by atoms with Crippen LogP contribution in [0.2, 0.25) is 0 Å². The smallest absolute Gasteiger partial charge is 0.133 e. The Morgan fingerprint density at radius 2 is 2.00 bits per heavy atom. The van der Waals surface area contributed by atoms with Crippen LogP contribution in [0.15, 0.2) is 22.7 Å². The molecule has 0 aromatic heterocycles. The topological polar surface area (TPSA) is 35.2 Å². The van der Waals surface area contributed by atoms with Gasteiger partial charge in [0.15, 0.2) is 0 Å². The second-order valence-corrected chi connectivity index (χ2v) is 4.43. The third-order valence-corrected chi connectivity index (χ3v) is 2.52. The van der Waals surface area contributed by atoms with Crippen molar-refractivity contribution >= 4 is 15.9 Å². The van der Waals surface area contributed by atoms with Gasteiger partial charge in [-0.2, -0.15) is 0 Å². The molecule has 1 aromatic rings. The fourth-order valence-electron chi connectivity index (χ4n) is 1.07. The van der Waals surface area contributed by atoms with E-state index < -0.39 is 0 Å². The van der Waals surface area contributed by atoms with E-state index in [4.69, 9.17) is 10.5 Å². The van der Waals surface area contributed by atoms with Gasteiger partial charge in [-0.15, -0.1) is 0 Å². The van der Waals surface area contributed by atoms with Crippen LogP contribution in [-0.2, 0) is 5.54 Å². The molecule has 1 aromatic carbocycles. The monoisotopic (exact) mass is 243 g/mol. The maximum atomic E-state index is 5.96. The van der Waals surface area contributed by atoms with Gasteiger partial charge in [0.2, 0.25) is 0 Å². The van der Waals surface area contributed by atoms with Gasteiger partial charge in [-0.25, -0.2) is 0 Å². The van der Waals surface area contributed by atoms with E-state index in [2.05, 4.69) is 15.9 Å². The molecule has 0 bridgehead atoms. The number of halogens is 1. The lowest BCUT2D eigenvalue weighted by Gasteiger charge is -2.19. The summed E-state index contributed by atoms with van der Waals surface area (Å²) in [6, 6.07) is 5.87. The summed E-state index contributed by atoms with van der Waals surface area (Å²) in [6.07, 6.45) is 0. The molecular formula is C10H14BrNO. The zero-order valence-corrected chi connectivity index (χ0v) is 9.68. The van der Waals surface area contributed by atoms with Crippen molar-refractivity contribution in [2.45, 2.75) is 19.4 Å². The van der Waals surface area contributed by atoms with Crippen LogP contribution in [0.25, 0.3) is 0 Å². The lowest BCUT2D eigenvalue weighted by molar-refractivity contribution is 0.411. The van der Waals surface area contributed by atoms with E-state index in [0.29, 0.717) is 0 Å². The summed E-state index contributed by atoms with van der Waals surface area (Å²) in [5.74, 6) is 0.827. The normalized spacial score (nSPS) is 11.5. The third-order valence-electron chi connectivity index (χ3n) is 1.90. The van der Waals surface area contributed by atoms with Crippen molar-refractivity contribution in [3.05, 3.63) is 28.2 Å². The molecule has 3 heteroatoms. The van der Waals surface area contributed by atoms with Crippen LogP contribution in [0.1, 0.15) is 19.4 Å². The zero-order chi connectivity index (χ0) is 10.1. The number of nitrogens with two attached hydrogens (primary N) is 1. The molecule has 2 N–H and O–H groups in total. The highest BCUT2D eigenvalue weighted by atomic mass is 79.9. The zero-order valence-electron chi connectivity index (χ0n) is 8.10. The molecule has 0 aliphatic rings. The molecule has 0 saturated carbocycles. The van der Waals surface area contributed by atoms with Gasteiger partial charge in [-0.3, -0.25) is 0 Å². The number of ether oxygens (including phenoxy) is 1. The summed E-state index contributed by atoms with van der Waals surface area (Å²) in [5.41, 5.74) is 6.73. The van der Waals surface area contributed by atoms with E-state index in [1.54, 1.807) is 7.11 Å². The summed E-state index contributed by atoms with van der Waals surface area (Å²) in [7, 11) is 1.65. The number of hydrogen-bond acceptors (Lipinski definition) is 2. The summed E-state index contributed by atoms with van der Waals surface area (Å²) in [5, 5.41) is 0. The minimum absolute atomic E-state index is 0.311. The highest BCUT2D eigenvalue weighted by Gasteiger charge is 2.15. The van der Waals surface area contributed by atoms with Gasteiger partial charge in [0.25, 0.3) is 0 Å². The second kappa shape index (κ2) is 3.68. The molecule has 13 heavy (non-hydrogen) atoms. The average molecular weight is 244 g/mol. The first kappa shape index (κ1) is 10.5. The van der Waals surface area contributed by atoms with Crippen molar-refractivity contribution in [1.29, 1.82) is 0 Å². The van der Waals surface area contributed by atoms with Gasteiger partial charge in [0.1, 0.15) is 5.75 Å². The van der Waals surface area contributed by atoms with E-state index in [1.807, 2.05) is 32.0 Å². The standard InChI is InChI=1S/C10H14BrNO/c1-10(2,12)7-4-5-9(13-3)8(11)6-7/h4-6H,12H2,1-3H3. The minimum atomic E-state index is -0.311. The molecule has 0 fully saturated rings. The highest BCUT2D eigenvalue weighted by molar-refractivity contribution is 9.10. The summed E-state index contributed by atoms with van der Waals surface area (Å²) < 4.78 is 6.06. The Morgan fingerprint density at radius 1 is 1.38 bits per heavy atom. The van der Waals surface area contributed by atoms with Crippen molar-refractivity contribution in [2.24, 2.45) is 5.73 Å². The SMILES string of the molecule is COc1ccc(C(C)(C)N)cc1Br. The van der Waals surface area contributed by atoms with Crippen LogP contribution in [0.4, 0.5) is 0 Å². The van der Waals surface area contributed by atoms with Crippen LogP contribution in [0.5, 0.6) is 5.75 Å². The largest absolute Gasteiger partial charge is 0.496 e. The molecule has 0 unspecified atom stereocenters. The van der Waals surface area contributed by atoms with Crippen molar-refractivity contribution in [3.8, 4) is 5.75 Å². The minimum Gasteiger partial charge on any atom is -0.496 e. The lowest BCUT2D eigenvalue weighted by Crippen LogP contribution is -2.28. The molecule has 0 aliphatic heterocycles. The van der Waals surface area contributed by atoms with Crippen LogP contribution < -0.4 is 10.5 Å². The molecule has 0 radical (unpaired) electrons. The van der Waals surface area contributed by atoms with E-state index in [0.717, 1.165) is 15.8 Å². The van der Waals surface area contributed by atoms with Crippen molar-refractivity contribution < 1.29 is 4.74 Å². The van der Waals surface area contributed by atoms with Gasteiger partial charge < -0.3 is 10.5 Å². The van der Waals surface area contributed by atoms with Crippen LogP contribution in [0, 0.1) is 0 Å². The number of methoxy groups -OCH3 is 1. The van der Waals surface area contributed by atoms with Crippen molar-refractivity contribution in [3.63, 3.8) is 0 Å². The van der Waals surface area contributed by atoms with Crippen molar-refractivity contribution in [2.75, 3.05) is 7.11 Å². The van der Waals surface area contributed by atoms with E-state index >= 15 is 0 Å². The van der Waals surface area contributed by atoms with Gasteiger partial charge >= 0.3 is 0 Å². The van der Waals surface area contributed by atoms with Gasteiger partial charge in [0, 0.05) is 5.54 Å². The second-order valence-electron chi connectivity index (χ2n) is 3.57. The number of hydrogen-bond donors (Lipinski definition) is 1. The first-order chi connectivity index (χ1) is 5.95. The molecule has 1 rings (SSSR count). The summed E-state index contributed by atoms with van der Waals surface area (Å²) >= 11 is 3.42. The van der Waals surface area contributed by atoms with Crippen LogP contribution in [0.3, 0.4) is 0 Å². The Hall–Kier alpha value is -0.540. The maximum Gasteiger partial charge on any atom is 0.133 e.